The van der Waals surface area contributed by atoms with E-state index in [0.29, 0.717) is 4.68 Å². The fourth-order valence-corrected chi connectivity index (χ4v) is 3.99. The van der Waals surface area contributed by atoms with Crippen molar-refractivity contribution in [3.63, 3.8) is 0 Å². The van der Waals surface area contributed by atoms with Crippen molar-refractivity contribution in [2.24, 2.45) is 5.16 Å². The van der Waals surface area contributed by atoms with E-state index in [1.165, 1.54) is 0 Å². The second kappa shape index (κ2) is 7.24. The molecule has 0 saturated carbocycles. The van der Waals surface area contributed by atoms with E-state index in [1.54, 1.807) is 20.8 Å². The molecule has 27 heavy (non-hydrogen) atoms. The van der Waals surface area contributed by atoms with Crippen molar-refractivity contribution < 1.29 is 39.9 Å². The van der Waals surface area contributed by atoms with Crippen LogP contribution >= 0.6 is 0 Å². The number of nitrogens with zero attached hydrogens (tertiary/aromatic N) is 3. The fraction of sp³-hybridized carbons (Fsp3) is 0.714. The van der Waals surface area contributed by atoms with E-state index >= 15 is 0 Å². The summed E-state index contributed by atoms with van der Waals surface area (Å²) in [7, 11) is -4.38. The van der Waals surface area contributed by atoms with Crippen LogP contribution in [-0.2, 0) is 33.1 Å². The Morgan fingerprint density at radius 3 is 2.41 bits per heavy atom. The molecule has 0 unspecified atom stereocenters. The highest BCUT2D eigenvalue weighted by Gasteiger charge is 2.43. The van der Waals surface area contributed by atoms with Crippen molar-refractivity contribution in [2.75, 3.05) is 0 Å². The van der Waals surface area contributed by atoms with Crippen LogP contribution in [0.3, 0.4) is 0 Å². The van der Waals surface area contributed by atoms with Gasteiger partial charge < -0.3 is 9.57 Å². The Morgan fingerprint density at radius 1 is 1.33 bits per heavy atom. The van der Waals surface area contributed by atoms with Gasteiger partial charge in [-0.25, -0.2) is 13.1 Å². The highest BCUT2D eigenvalue weighted by Crippen LogP contribution is 2.38. The predicted molar refractivity (Wildman–Crippen MR) is 84.0 cm³/mol. The molecule has 1 aliphatic heterocycles. The van der Waals surface area contributed by atoms with Crippen LogP contribution in [0.25, 0.3) is 0 Å². The zero-order valence-corrected chi connectivity index (χ0v) is 15.5. The Balaban J connectivity index is 2.53. The van der Waals surface area contributed by atoms with Crippen molar-refractivity contribution in [1.82, 2.24) is 9.78 Å². The topological polar surface area (TPSA) is 82.8 Å². The minimum Gasteiger partial charge on any atom is -0.417 e. The minimum atomic E-state index is -5.06. The third-order valence-electron chi connectivity index (χ3n) is 3.57. The fourth-order valence-electron chi connectivity index (χ4n) is 2.46. The smallest absolute Gasteiger partial charge is 0.417 e. The molecule has 1 aromatic heterocycles. The van der Waals surface area contributed by atoms with Gasteiger partial charge in [0.25, 0.3) is 0 Å². The lowest BCUT2D eigenvalue weighted by Gasteiger charge is -2.13. The standard InChI is InChI=1S/C14H18F5N3O4S/c1-4-5-22-11(25-12(15)16)8(10(20-22)14(17,18)19)7-27(23,24)9-6-13(2,3)26-21-9/h12H,4-7H2,1-3H3. The largest absolute Gasteiger partial charge is 0.435 e. The van der Waals surface area contributed by atoms with E-state index in [9.17, 15) is 30.4 Å². The molecule has 0 N–H and O–H groups in total. The third-order valence-corrected chi connectivity index (χ3v) is 5.17. The summed E-state index contributed by atoms with van der Waals surface area (Å²) in [5, 5.41) is 6.21. The van der Waals surface area contributed by atoms with Crippen molar-refractivity contribution in [3.05, 3.63) is 11.3 Å². The highest BCUT2D eigenvalue weighted by molar-refractivity contribution is 8.05. The summed E-state index contributed by atoms with van der Waals surface area (Å²) < 4.78 is 95.2. The number of aryl methyl sites for hydroxylation is 1. The van der Waals surface area contributed by atoms with Gasteiger partial charge in [-0.15, -0.1) is 0 Å². The molecule has 2 heterocycles. The van der Waals surface area contributed by atoms with Crippen LogP contribution in [0.15, 0.2) is 5.16 Å². The van der Waals surface area contributed by atoms with Gasteiger partial charge in [0.05, 0.1) is 11.3 Å². The Kier molecular flexibility index (Phi) is 5.74. The minimum absolute atomic E-state index is 0.162. The molecule has 13 heteroatoms. The summed E-state index contributed by atoms with van der Waals surface area (Å²) >= 11 is 0. The predicted octanol–water partition coefficient (Wildman–Crippen LogP) is 3.34. The van der Waals surface area contributed by atoms with Gasteiger partial charge in [0, 0.05) is 13.0 Å². The number of halogens is 5. The van der Waals surface area contributed by atoms with E-state index in [-0.39, 0.29) is 19.4 Å². The molecule has 154 valence electrons. The van der Waals surface area contributed by atoms with Gasteiger partial charge in [-0.2, -0.15) is 27.1 Å². The average molecular weight is 419 g/mol. The lowest BCUT2D eigenvalue weighted by Crippen LogP contribution is -2.24. The van der Waals surface area contributed by atoms with Crippen molar-refractivity contribution in [2.45, 2.75) is 64.3 Å². The summed E-state index contributed by atoms with van der Waals surface area (Å²) in [5.74, 6) is -2.17. The molecule has 7 nitrogen and oxygen atoms in total. The number of hydrogen-bond donors (Lipinski definition) is 0. The molecule has 2 rings (SSSR count). The molecular formula is C14H18F5N3O4S. The summed E-state index contributed by atoms with van der Waals surface area (Å²) in [6, 6.07) is 0. The molecule has 1 aromatic rings. The van der Waals surface area contributed by atoms with E-state index < -0.39 is 56.2 Å². The molecule has 0 amide bonds. The molecule has 0 aromatic carbocycles. The normalized spacial score (nSPS) is 17.1. The van der Waals surface area contributed by atoms with Crippen LogP contribution in [0.5, 0.6) is 5.88 Å². The van der Waals surface area contributed by atoms with Crippen molar-refractivity contribution >= 4 is 14.9 Å². The number of aromatic nitrogens is 2. The van der Waals surface area contributed by atoms with E-state index in [0.717, 1.165) is 0 Å². The van der Waals surface area contributed by atoms with E-state index in [2.05, 4.69) is 15.0 Å². The van der Waals surface area contributed by atoms with Crippen LogP contribution in [0.2, 0.25) is 0 Å². The number of hydrogen-bond acceptors (Lipinski definition) is 6. The Hall–Kier alpha value is -1.92. The Labute approximate surface area is 152 Å². The van der Waals surface area contributed by atoms with Crippen LogP contribution in [-0.4, -0.2) is 35.5 Å². The molecule has 1 aliphatic rings. The van der Waals surface area contributed by atoms with Crippen molar-refractivity contribution in [1.29, 1.82) is 0 Å². The monoisotopic (exact) mass is 419 g/mol. The van der Waals surface area contributed by atoms with Gasteiger partial charge in [0.15, 0.2) is 20.6 Å². The first-order valence-corrected chi connectivity index (χ1v) is 9.51. The zero-order valence-electron chi connectivity index (χ0n) is 14.7. The number of rotatable bonds is 6. The Morgan fingerprint density at radius 2 is 1.96 bits per heavy atom. The summed E-state index contributed by atoms with van der Waals surface area (Å²) in [4.78, 5) is 4.93. The van der Waals surface area contributed by atoms with Gasteiger partial charge in [0.2, 0.25) is 5.88 Å². The lowest BCUT2D eigenvalue weighted by atomic mass is 10.1. The maximum absolute atomic E-state index is 13.3. The van der Waals surface area contributed by atoms with E-state index in [4.69, 9.17) is 4.84 Å². The molecular weight excluding hydrogens is 401 g/mol. The molecule has 0 saturated heterocycles. The average Bonchev–Trinajstić information content (AvgIpc) is 3.01. The second-order valence-electron chi connectivity index (χ2n) is 6.50. The van der Waals surface area contributed by atoms with Crippen LogP contribution in [0, 0.1) is 0 Å². The van der Waals surface area contributed by atoms with Gasteiger partial charge >= 0.3 is 12.8 Å². The van der Waals surface area contributed by atoms with E-state index in [1.807, 2.05) is 0 Å². The SMILES string of the molecule is CCCn1nc(C(F)(F)F)c(CS(=O)(=O)C2=NOC(C)(C)C2)c1OC(F)F. The lowest BCUT2D eigenvalue weighted by molar-refractivity contribution is -0.142. The van der Waals surface area contributed by atoms with Gasteiger partial charge in [0.1, 0.15) is 5.60 Å². The third kappa shape index (κ3) is 4.87. The quantitative estimate of drug-likeness (QED) is 0.661. The Bertz CT molecular complexity index is 831. The summed E-state index contributed by atoms with van der Waals surface area (Å²) in [5.41, 5.74) is -3.51. The molecule has 0 aliphatic carbocycles. The van der Waals surface area contributed by atoms with Crippen LogP contribution in [0.4, 0.5) is 22.0 Å². The zero-order chi connectivity index (χ0) is 20.6. The maximum atomic E-state index is 13.3. The maximum Gasteiger partial charge on any atom is 0.435 e. The molecule has 0 radical (unpaired) electrons. The first-order chi connectivity index (χ1) is 12.3. The number of alkyl halides is 5. The van der Waals surface area contributed by atoms with Crippen molar-refractivity contribution in [3.8, 4) is 5.88 Å². The molecule has 0 bridgehead atoms. The van der Waals surface area contributed by atoms with Crippen LogP contribution in [0.1, 0.15) is 44.9 Å². The summed E-state index contributed by atoms with van der Waals surface area (Å²) in [6.07, 6.45) is -4.96. The molecule has 0 atom stereocenters. The van der Waals surface area contributed by atoms with Crippen LogP contribution < -0.4 is 4.74 Å². The summed E-state index contributed by atoms with van der Waals surface area (Å²) in [6.45, 7) is 1.06. The number of sulfone groups is 1. The first kappa shape index (κ1) is 21.4. The molecule has 0 fully saturated rings. The highest BCUT2D eigenvalue weighted by atomic mass is 32.2. The molecule has 0 spiro atoms. The van der Waals surface area contributed by atoms with Gasteiger partial charge in [-0.1, -0.05) is 12.1 Å². The first-order valence-electron chi connectivity index (χ1n) is 7.86. The van der Waals surface area contributed by atoms with Gasteiger partial charge in [-0.3, -0.25) is 0 Å². The number of ether oxygens (including phenoxy) is 1. The van der Waals surface area contributed by atoms with Gasteiger partial charge in [-0.05, 0) is 20.3 Å². The number of oxime groups is 1. The second-order valence-corrected chi connectivity index (χ2v) is 8.49.